The topological polar surface area (TPSA) is 85.1 Å². The fourth-order valence-electron chi connectivity index (χ4n) is 1.61. The minimum atomic E-state index is -3.61. The largest absolute Gasteiger partial charge is 0.308 e. The number of benzene rings is 1. The molecule has 1 aromatic carbocycles. The molecule has 5 nitrogen and oxygen atoms in total. The first-order chi connectivity index (χ1) is 8.97. The number of aromatic nitrogens is 1. The summed E-state index contributed by atoms with van der Waals surface area (Å²) in [5.74, 6) is 0. The Hall–Kier alpha value is -1.28. The maximum Gasteiger partial charge on any atom is 0.238 e. The Morgan fingerprint density at radius 2 is 1.95 bits per heavy atom. The van der Waals surface area contributed by atoms with E-state index in [0.717, 1.165) is 17.8 Å². The maximum atomic E-state index is 11.1. The zero-order chi connectivity index (χ0) is 13.9. The Balaban J connectivity index is 1.92. The van der Waals surface area contributed by atoms with Crippen LogP contribution in [0.2, 0.25) is 0 Å². The monoisotopic (exact) mass is 297 g/mol. The summed E-state index contributed by atoms with van der Waals surface area (Å²) < 4.78 is 22.2. The summed E-state index contributed by atoms with van der Waals surface area (Å²) in [4.78, 5) is 5.52. The Kier molecular flexibility index (Phi) is 4.31. The summed E-state index contributed by atoms with van der Waals surface area (Å²) in [6.07, 6.45) is 0. The first-order valence-corrected chi connectivity index (χ1v) is 8.11. The zero-order valence-electron chi connectivity index (χ0n) is 10.5. The lowest BCUT2D eigenvalue weighted by atomic mass is 10.2. The van der Waals surface area contributed by atoms with E-state index in [2.05, 4.69) is 10.3 Å². The molecule has 1 heterocycles. The van der Waals surface area contributed by atoms with Crippen LogP contribution in [-0.4, -0.2) is 13.4 Å². The minimum absolute atomic E-state index is 0.134. The molecule has 2 aromatic rings. The number of primary sulfonamides is 1. The van der Waals surface area contributed by atoms with Gasteiger partial charge in [-0.15, -0.1) is 11.3 Å². The number of nitrogens with two attached hydrogens (primary N) is 1. The second-order valence-electron chi connectivity index (χ2n) is 4.15. The average molecular weight is 297 g/mol. The number of hydrogen-bond acceptors (Lipinski definition) is 5. The van der Waals surface area contributed by atoms with Gasteiger partial charge >= 0.3 is 0 Å². The minimum Gasteiger partial charge on any atom is -0.308 e. The molecule has 0 aliphatic heterocycles. The third-order valence-corrected chi connectivity index (χ3v) is 4.58. The molecule has 0 bridgehead atoms. The van der Waals surface area contributed by atoms with E-state index in [1.165, 1.54) is 17.0 Å². The number of rotatable bonds is 5. The van der Waals surface area contributed by atoms with Crippen LogP contribution in [0.15, 0.2) is 34.7 Å². The molecule has 1 aromatic heterocycles. The van der Waals surface area contributed by atoms with Gasteiger partial charge in [-0.2, -0.15) is 0 Å². The average Bonchev–Trinajstić information content (AvgIpc) is 2.75. The van der Waals surface area contributed by atoms with E-state index < -0.39 is 10.0 Å². The fourth-order valence-corrected chi connectivity index (χ4v) is 2.88. The van der Waals surface area contributed by atoms with Crippen molar-refractivity contribution in [1.82, 2.24) is 10.3 Å². The number of nitrogens with zero attached hydrogens (tertiary/aromatic N) is 1. The predicted molar refractivity (Wildman–Crippen MR) is 75.2 cm³/mol. The predicted octanol–water partition coefficient (Wildman–Crippen LogP) is 1.39. The molecule has 0 amide bonds. The number of aryl methyl sites for hydroxylation is 1. The maximum absolute atomic E-state index is 11.1. The van der Waals surface area contributed by atoms with Crippen LogP contribution < -0.4 is 10.5 Å². The molecular weight excluding hydrogens is 282 g/mol. The molecule has 0 saturated heterocycles. The number of hydrogen-bond donors (Lipinski definition) is 2. The molecular formula is C12H15N3O2S2. The van der Waals surface area contributed by atoms with Gasteiger partial charge < -0.3 is 5.32 Å². The van der Waals surface area contributed by atoms with Crippen LogP contribution in [0.1, 0.15) is 16.1 Å². The quantitative estimate of drug-likeness (QED) is 0.873. The highest BCUT2D eigenvalue weighted by Gasteiger charge is 2.06. The lowest BCUT2D eigenvalue weighted by molar-refractivity contribution is 0.597. The molecule has 0 atom stereocenters. The molecule has 0 aliphatic carbocycles. The third-order valence-electron chi connectivity index (χ3n) is 2.71. The summed E-state index contributed by atoms with van der Waals surface area (Å²) in [5.41, 5.74) is 3.88. The van der Waals surface area contributed by atoms with E-state index in [1.807, 2.05) is 12.4 Å². The van der Waals surface area contributed by atoms with Gasteiger partial charge in [-0.25, -0.2) is 18.5 Å². The summed E-state index contributed by atoms with van der Waals surface area (Å²) in [6.45, 7) is 3.41. The molecule has 7 heteroatoms. The van der Waals surface area contributed by atoms with Gasteiger partial charge in [0.25, 0.3) is 0 Å². The van der Waals surface area contributed by atoms with Gasteiger partial charge in [0.15, 0.2) is 0 Å². The van der Waals surface area contributed by atoms with Crippen molar-refractivity contribution in [3.63, 3.8) is 0 Å². The summed E-state index contributed by atoms with van der Waals surface area (Å²) in [5, 5.41) is 8.33. The van der Waals surface area contributed by atoms with Gasteiger partial charge in [-0.1, -0.05) is 12.1 Å². The number of thiazole rings is 1. The van der Waals surface area contributed by atoms with E-state index in [-0.39, 0.29) is 4.90 Å². The van der Waals surface area contributed by atoms with Crippen LogP contribution in [0, 0.1) is 6.92 Å². The molecule has 0 radical (unpaired) electrons. The summed E-state index contributed by atoms with van der Waals surface area (Å²) >= 11 is 1.62. The van der Waals surface area contributed by atoms with Crippen LogP contribution in [0.3, 0.4) is 0 Å². The molecule has 2 rings (SSSR count). The molecule has 3 N–H and O–H groups in total. The zero-order valence-corrected chi connectivity index (χ0v) is 12.1. The van der Waals surface area contributed by atoms with E-state index in [0.29, 0.717) is 6.54 Å². The van der Waals surface area contributed by atoms with Crippen LogP contribution in [0.4, 0.5) is 0 Å². The van der Waals surface area contributed by atoms with E-state index in [9.17, 15) is 8.42 Å². The van der Waals surface area contributed by atoms with Crippen molar-refractivity contribution in [3.05, 3.63) is 45.9 Å². The molecule has 0 saturated carbocycles. The van der Waals surface area contributed by atoms with Crippen molar-refractivity contribution in [2.75, 3.05) is 0 Å². The molecule has 0 spiro atoms. The van der Waals surface area contributed by atoms with Crippen molar-refractivity contribution in [1.29, 1.82) is 0 Å². The summed E-state index contributed by atoms with van der Waals surface area (Å²) in [7, 11) is -3.61. The standard InChI is InChI=1S/C12H15N3O2S2/c1-9-12(18-8-15-9)7-14-6-10-2-4-11(5-3-10)19(13,16)17/h2-5,8,14H,6-7H2,1H3,(H2,13,16,17). The Bertz CT molecular complexity index is 648. The van der Waals surface area contributed by atoms with Gasteiger partial charge in [0, 0.05) is 18.0 Å². The molecule has 0 fully saturated rings. The highest BCUT2D eigenvalue weighted by Crippen LogP contribution is 2.12. The Morgan fingerprint density at radius 1 is 1.26 bits per heavy atom. The van der Waals surface area contributed by atoms with Crippen LogP contribution in [-0.2, 0) is 23.1 Å². The Morgan fingerprint density at radius 3 is 2.47 bits per heavy atom. The highest BCUT2D eigenvalue weighted by atomic mass is 32.2. The van der Waals surface area contributed by atoms with Crippen LogP contribution in [0.25, 0.3) is 0 Å². The number of sulfonamides is 1. The fraction of sp³-hybridized carbons (Fsp3) is 0.250. The number of nitrogens with one attached hydrogen (secondary N) is 1. The lowest BCUT2D eigenvalue weighted by Gasteiger charge is -2.05. The van der Waals surface area contributed by atoms with Crippen molar-refractivity contribution >= 4 is 21.4 Å². The van der Waals surface area contributed by atoms with Gasteiger partial charge in [-0.3, -0.25) is 0 Å². The second kappa shape index (κ2) is 5.79. The van der Waals surface area contributed by atoms with Crippen molar-refractivity contribution in [3.8, 4) is 0 Å². The molecule has 102 valence electrons. The second-order valence-corrected chi connectivity index (χ2v) is 6.65. The van der Waals surface area contributed by atoms with Gasteiger partial charge in [0.05, 0.1) is 16.1 Å². The first-order valence-electron chi connectivity index (χ1n) is 5.68. The molecule has 19 heavy (non-hydrogen) atoms. The smallest absolute Gasteiger partial charge is 0.238 e. The van der Waals surface area contributed by atoms with E-state index >= 15 is 0 Å². The van der Waals surface area contributed by atoms with Crippen molar-refractivity contribution in [2.45, 2.75) is 24.9 Å². The highest BCUT2D eigenvalue weighted by molar-refractivity contribution is 7.89. The molecule has 0 unspecified atom stereocenters. The Labute approximate surface area is 116 Å². The van der Waals surface area contributed by atoms with Crippen molar-refractivity contribution < 1.29 is 8.42 Å². The van der Waals surface area contributed by atoms with E-state index in [4.69, 9.17) is 5.14 Å². The first kappa shape index (κ1) is 14.1. The van der Waals surface area contributed by atoms with Crippen molar-refractivity contribution in [2.24, 2.45) is 5.14 Å². The normalized spacial score (nSPS) is 11.7. The van der Waals surface area contributed by atoms with E-state index in [1.54, 1.807) is 23.5 Å². The van der Waals surface area contributed by atoms with Gasteiger partial charge in [-0.05, 0) is 24.6 Å². The SMILES string of the molecule is Cc1ncsc1CNCc1ccc(S(N)(=O)=O)cc1. The molecule has 0 aliphatic rings. The third kappa shape index (κ3) is 3.84. The lowest BCUT2D eigenvalue weighted by Crippen LogP contribution is -2.14. The van der Waals surface area contributed by atoms with Gasteiger partial charge in [0.2, 0.25) is 10.0 Å². The van der Waals surface area contributed by atoms with Crippen LogP contribution >= 0.6 is 11.3 Å². The van der Waals surface area contributed by atoms with Gasteiger partial charge in [0.1, 0.15) is 0 Å². The van der Waals surface area contributed by atoms with Crippen LogP contribution in [0.5, 0.6) is 0 Å². The summed E-state index contributed by atoms with van der Waals surface area (Å²) in [6, 6.07) is 6.55.